The van der Waals surface area contributed by atoms with Gasteiger partial charge in [-0.25, -0.2) is 4.98 Å². The summed E-state index contributed by atoms with van der Waals surface area (Å²) >= 11 is 0. The number of benzene rings is 1. The Kier molecular flexibility index (Phi) is 7.36. The maximum atomic E-state index is 13.6. The van der Waals surface area contributed by atoms with Gasteiger partial charge in [0.15, 0.2) is 0 Å². The molecule has 0 radical (unpaired) electrons. The van der Waals surface area contributed by atoms with E-state index in [9.17, 15) is 14.9 Å². The number of carbonyl (C=O) groups is 1. The molecule has 9 heteroatoms. The minimum atomic E-state index is -0.620. The van der Waals surface area contributed by atoms with Crippen molar-refractivity contribution in [3.8, 4) is 11.8 Å². The molecule has 36 heavy (non-hydrogen) atoms. The molecule has 0 aliphatic carbocycles. The predicted molar refractivity (Wildman–Crippen MR) is 138 cm³/mol. The highest BCUT2D eigenvalue weighted by Crippen LogP contribution is 2.24. The molecule has 2 aromatic heterocycles. The van der Waals surface area contributed by atoms with Gasteiger partial charge < -0.3 is 19.7 Å². The molecule has 2 atom stereocenters. The molecule has 9 nitrogen and oxygen atoms in total. The highest BCUT2D eigenvalue weighted by molar-refractivity contribution is 6.10. The first-order valence-corrected chi connectivity index (χ1v) is 11.9. The minimum absolute atomic E-state index is 0.0684. The summed E-state index contributed by atoms with van der Waals surface area (Å²) in [5.41, 5.74) is 1.49. The molecule has 3 aromatic rings. The second-order valence-corrected chi connectivity index (χ2v) is 8.78. The molecule has 1 N–H and O–H groups in total. The van der Waals surface area contributed by atoms with Crippen molar-refractivity contribution in [1.29, 1.82) is 5.26 Å². The molecular formula is C27H29N5O4. The van der Waals surface area contributed by atoms with E-state index in [0.717, 1.165) is 5.56 Å². The number of nitriles is 1. The normalized spacial score (nSPS) is 18.1. The molecule has 0 saturated carbocycles. The van der Waals surface area contributed by atoms with Crippen molar-refractivity contribution in [2.24, 2.45) is 0 Å². The van der Waals surface area contributed by atoms with E-state index in [1.807, 2.05) is 44.7 Å². The fraction of sp³-hybridized carbons (Fsp3) is 0.333. The molecule has 2 unspecified atom stereocenters. The second-order valence-electron chi connectivity index (χ2n) is 8.78. The van der Waals surface area contributed by atoms with Crippen molar-refractivity contribution in [3.05, 3.63) is 69.6 Å². The van der Waals surface area contributed by atoms with Gasteiger partial charge in [0.05, 0.1) is 24.4 Å². The number of anilines is 2. The number of nitrogens with zero attached hydrogens (tertiary/aromatic N) is 4. The first kappa shape index (κ1) is 24.9. The standard InChI is InChI=1S/C27H29N5O4/c1-5-35-22-10-8-21(9-11-22)29-26(33)20(14-28)13-23-25(31-15-18(3)36-19(4)16-31)30-24-17(2)7-6-12-32(24)27(23)34/h6-13,18-19H,5,15-16H2,1-4H3,(H,29,33)/b20-13+. The van der Waals surface area contributed by atoms with Crippen LogP contribution in [0.3, 0.4) is 0 Å². The van der Waals surface area contributed by atoms with Gasteiger partial charge in [0.1, 0.15) is 28.9 Å². The number of nitrogens with one attached hydrogen (secondary N) is 1. The molecule has 1 aliphatic rings. The molecule has 3 heterocycles. The fourth-order valence-electron chi connectivity index (χ4n) is 4.31. The molecule has 1 saturated heterocycles. The van der Waals surface area contributed by atoms with Crippen LogP contribution in [0.2, 0.25) is 0 Å². The lowest BCUT2D eigenvalue weighted by atomic mass is 10.1. The fourth-order valence-corrected chi connectivity index (χ4v) is 4.31. The van der Waals surface area contributed by atoms with Gasteiger partial charge in [0, 0.05) is 25.0 Å². The largest absolute Gasteiger partial charge is 0.494 e. The Morgan fingerprint density at radius 1 is 1.25 bits per heavy atom. The number of amides is 1. The van der Waals surface area contributed by atoms with Crippen LogP contribution in [-0.4, -0.2) is 47.2 Å². The summed E-state index contributed by atoms with van der Waals surface area (Å²) in [7, 11) is 0. The summed E-state index contributed by atoms with van der Waals surface area (Å²) in [6.45, 7) is 9.28. The molecule has 186 valence electrons. The lowest BCUT2D eigenvalue weighted by Gasteiger charge is -2.36. The topological polar surface area (TPSA) is 109 Å². The number of rotatable bonds is 6. The van der Waals surface area contributed by atoms with Crippen molar-refractivity contribution in [3.63, 3.8) is 0 Å². The summed E-state index contributed by atoms with van der Waals surface area (Å²) in [5, 5.41) is 12.5. The molecule has 0 bridgehead atoms. The van der Waals surface area contributed by atoms with Crippen LogP contribution in [0, 0.1) is 18.3 Å². The Morgan fingerprint density at radius 3 is 2.58 bits per heavy atom. The van der Waals surface area contributed by atoms with Crippen LogP contribution in [0.4, 0.5) is 11.5 Å². The Labute approximate surface area is 209 Å². The Hall–Kier alpha value is -4.16. The van der Waals surface area contributed by atoms with Crippen LogP contribution in [0.1, 0.15) is 31.9 Å². The monoisotopic (exact) mass is 487 g/mol. The van der Waals surface area contributed by atoms with Gasteiger partial charge in [0.2, 0.25) is 0 Å². The number of aromatic nitrogens is 2. The summed E-state index contributed by atoms with van der Waals surface area (Å²) in [4.78, 5) is 33.4. The summed E-state index contributed by atoms with van der Waals surface area (Å²) in [6.07, 6.45) is 2.82. The van der Waals surface area contributed by atoms with E-state index < -0.39 is 5.91 Å². The maximum absolute atomic E-state index is 13.6. The van der Waals surface area contributed by atoms with Crippen molar-refractivity contribution in [2.75, 3.05) is 29.9 Å². The van der Waals surface area contributed by atoms with Crippen LogP contribution < -0.4 is 20.5 Å². The molecule has 4 rings (SSSR count). The average molecular weight is 488 g/mol. The van der Waals surface area contributed by atoms with E-state index in [4.69, 9.17) is 14.5 Å². The number of fused-ring (bicyclic) bond motifs is 1. The number of morpholine rings is 1. The smallest absolute Gasteiger partial charge is 0.267 e. The number of carbonyl (C=O) groups excluding carboxylic acids is 1. The molecule has 1 aliphatic heterocycles. The number of hydrogen-bond acceptors (Lipinski definition) is 7. The first-order valence-electron chi connectivity index (χ1n) is 11.9. The van der Waals surface area contributed by atoms with Crippen LogP contribution in [0.15, 0.2) is 53.0 Å². The molecule has 0 spiro atoms. The van der Waals surface area contributed by atoms with Gasteiger partial charge in [-0.2, -0.15) is 5.26 Å². The Morgan fingerprint density at radius 2 is 1.94 bits per heavy atom. The van der Waals surface area contributed by atoms with Crippen molar-refractivity contribution >= 4 is 29.1 Å². The van der Waals surface area contributed by atoms with E-state index >= 15 is 0 Å². The van der Waals surface area contributed by atoms with Gasteiger partial charge in [-0.15, -0.1) is 0 Å². The van der Waals surface area contributed by atoms with Gasteiger partial charge in [-0.1, -0.05) is 6.07 Å². The van der Waals surface area contributed by atoms with Crippen LogP contribution in [0.5, 0.6) is 5.75 Å². The zero-order chi connectivity index (χ0) is 25.8. The van der Waals surface area contributed by atoms with Gasteiger partial charge in [-0.3, -0.25) is 14.0 Å². The van der Waals surface area contributed by atoms with Gasteiger partial charge in [0.25, 0.3) is 11.5 Å². The molecular weight excluding hydrogens is 458 g/mol. The Bertz CT molecular complexity index is 1390. The highest BCUT2D eigenvalue weighted by atomic mass is 16.5. The van der Waals surface area contributed by atoms with Gasteiger partial charge >= 0.3 is 0 Å². The van der Waals surface area contributed by atoms with E-state index in [1.54, 1.807) is 36.5 Å². The van der Waals surface area contributed by atoms with Crippen molar-refractivity contribution < 1.29 is 14.3 Å². The number of pyridine rings is 1. The van der Waals surface area contributed by atoms with Crippen LogP contribution in [-0.2, 0) is 9.53 Å². The second kappa shape index (κ2) is 10.6. The average Bonchev–Trinajstić information content (AvgIpc) is 2.84. The quantitative estimate of drug-likeness (QED) is 0.418. The first-order chi connectivity index (χ1) is 17.3. The van der Waals surface area contributed by atoms with Gasteiger partial charge in [-0.05, 0) is 69.7 Å². The number of ether oxygens (including phenoxy) is 2. The Balaban J connectivity index is 1.77. The third kappa shape index (κ3) is 5.24. The van der Waals surface area contributed by atoms with E-state index in [1.165, 1.54) is 10.5 Å². The molecule has 1 fully saturated rings. The summed E-state index contributed by atoms with van der Waals surface area (Å²) in [6, 6.07) is 12.4. The number of hydrogen-bond donors (Lipinski definition) is 1. The SMILES string of the molecule is CCOc1ccc(NC(=O)/C(C#N)=C/c2c(N3CC(C)OC(C)C3)nc3c(C)cccn3c2=O)cc1. The van der Waals surface area contributed by atoms with Crippen molar-refractivity contribution in [2.45, 2.75) is 39.9 Å². The van der Waals surface area contributed by atoms with E-state index in [0.29, 0.717) is 42.6 Å². The zero-order valence-corrected chi connectivity index (χ0v) is 20.8. The van der Waals surface area contributed by atoms with E-state index in [2.05, 4.69) is 5.32 Å². The third-order valence-electron chi connectivity index (χ3n) is 5.86. The van der Waals surface area contributed by atoms with Crippen molar-refractivity contribution in [1.82, 2.24) is 9.38 Å². The van der Waals surface area contributed by atoms with E-state index in [-0.39, 0.29) is 28.9 Å². The summed E-state index contributed by atoms with van der Waals surface area (Å²) in [5.74, 6) is 0.485. The lowest BCUT2D eigenvalue weighted by Crippen LogP contribution is -2.46. The molecule has 1 amide bonds. The minimum Gasteiger partial charge on any atom is -0.494 e. The summed E-state index contributed by atoms with van der Waals surface area (Å²) < 4.78 is 12.7. The van der Waals surface area contributed by atoms with Crippen LogP contribution in [0.25, 0.3) is 11.7 Å². The molecule has 1 aromatic carbocycles. The third-order valence-corrected chi connectivity index (χ3v) is 5.86. The number of aryl methyl sites for hydroxylation is 1. The maximum Gasteiger partial charge on any atom is 0.267 e. The highest BCUT2D eigenvalue weighted by Gasteiger charge is 2.27. The van der Waals surface area contributed by atoms with Crippen LogP contribution >= 0.6 is 0 Å². The lowest BCUT2D eigenvalue weighted by molar-refractivity contribution is -0.112. The predicted octanol–water partition coefficient (Wildman–Crippen LogP) is 3.56. The zero-order valence-electron chi connectivity index (χ0n) is 20.8.